The first-order chi connectivity index (χ1) is 9.76. The zero-order chi connectivity index (χ0) is 15.3. The van der Waals surface area contributed by atoms with Crippen molar-refractivity contribution in [3.05, 3.63) is 35.4 Å². The molecule has 1 heterocycles. The maximum Gasteiger partial charge on any atom is 0.103 e. The van der Waals surface area contributed by atoms with Crippen LogP contribution in [-0.4, -0.2) is 22.5 Å². The van der Waals surface area contributed by atoms with Crippen LogP contribution in [-0.2, 0) is 6.54 Å². The number of thiocarbonyl (C=S) groups is 1. The van der Waals surface area contributed by atoms with Crippen LogP contribution in [0.4, 0.5) is 0 Å². The Balaban J connectivity index is 1.73. The quantitative estimate of drug-likeness (QED) is 0.863. The summed E-state index contributed by atoms with van der Waals surface area (Å²) < 4.78 is 0. The lowest BCUT2D eigenvalue weighted by Gasteiger charge is -2.40. The van der Waals surface area contributed by atoms with Gasteiger partial charge in [0.05, 0.1) is 0 Å². The van der Waals surface area contributed by atoms with Crippen molar-refractivity contribution in [3.8, 4) is 0 Å². The highest BCUT2D eigenvalue weighted by Gasteiger charge is 2.49. The molecule has 1 aliphatic heterocycles. The number of likely N-dealkylation sites (tertiary alicyclic amines) is 1. The predicted molar refractivity (Wildman–Crippen MR) is 92.3 cm³/mol. The van der Waals surface area contributed by atoms with Crippen LogP contribution in [0.25, 0.3) is 0 Å². The first-order valence-electron chi connectivity index (χ1n) is 7.89. The Bertz CT molecular complexity index is 549. The second-order valence-electron chi connectivity index (χ2n) is 8.18. The van der Waals surface area contributed by atoms with Gasteiger partial charge in [-0.25, -0.2) is 0 Å². The molecule has 0 spiro atoms. The van der Waals surface area contributed by atoms with Gasteiger partial charge in [0.2, 0.25) is 0 Å². The second kappa shape index (κ2) is 5.06. The SMILES string of the molecule is CC1(C)CC2CC(C)(CN2Cc2ccc(C(N)=S)cc2)C1. The van der Waals surface area contributed by atoms with Crippen LogP contribution in [0, 0.1) is 10.8 Å². The van der Waals surface area contributed by atoms with Gasteiger partial charge in [-0.2, -0.15) is 0 Å². The first kappa shape index (κ1) is 15.0. The zero-order valence-electron chi connectivity index (χ0n) is 13.4. The van der Waals surface area contributed by atoms with Crippen LogP contribution in [0.1, 0.15) is 51.2 Å². The molecule has 2 N–H and O–H groups in total. The molecular weight excluding hydrogens is 276 g/mol. The molecule has 0 radical (unpaired) electrons. The molecule has 2 aliphatic rings. The van der Waals surface area contributed by atoms with E-state index in [0.29, 0.717) is 15.8 Å². The molecular formula is C18H26N2S. The van der Waals surface area contributed by atoms with Crippen molar-refractivity contribution in [1.82, 2.24) is 4.90 Å². The Hall–Kier alpha value is -0.930. The van der Waals surface area contributed by atoms with Gasteiger partial charge in [0.25, 0.3) is 0 Å². The zero-order valence-corrected chi connectivity index (χ0v) is 14.2. The lowest BCUT2D eigenvalue weighted by molar-refractivity contribution is 0.126. The molecule has 2 nitrogen and oxygen atoms in total. The van der Waals surface area contributed by atoms with Gasteiger partial charge in [0.15, 0.2) is 0 Å². The van der Waals surface area contributed by atoms with Gasteiger partial charge in [-0.3, -0.25) is 4.90 Å². The van der Waals surface area contributed by atoms with Crippen molar-refractivity contribution in [2.24, 2.45) is 16.6 Å². The smallest absolute Gasteiger partial charge is 0.103 e. The van der Waals surface area contributed by atoms with Crippen molar-refractivity contribution >= 4 is 17.2 Å². The topological polar surface area (TPSA) is 29.3 Å². The number of fused-ring (bicyclic) bond motifs is 2. The molecule has 2 fully saturated rings. The van der Waals surface area contributed by atoms with Crippen molar-refractivity contribution in [3.63, 3.8) is 0 Å². The minimum Gasteiger partial charge on any atom is -0.389 e. The van der Waals surface area contributed by atoms with E-state index in [9.17, 15) is 0 Å². The van der Waals surface area contributed by atoms with E-state index in [-0.39, 0.29) is 0 Å². The molecule has 3 heteroatoms. The number of benzene rings is 1. The fraction of sp³-hybridized carbons (Fsp3) is 0.611. The van der Waals surface area contributed by atoms with Gasteiger partial charge < -0.3 is 5.73 Å². The van der Waals surface area contributed by atoms with Gasteiger partial charge in [-0.05, 0) is 35.7 Å². The Morgan fingerprint density at radius 3 is 2.52 bits per heavy atom. The molecule has 2 atom stereocenters. The number of nitrogens with two attached hydrogens (primary N) is 1. The third-order valence-corrected chi connectivity index (χ3v) is 5.38. The minimum absolute atomic E-state index is 0.479. The molecule has 2 bridgehead atoms. The first-order valence-corrected chi connectivity index (χ1v) is 8.30. The van der Waals surface area contributed by atoms with Gasteiger partial charge in [-0.15, -0.1) is 0 Å². The lowest BCUT2D eigenvalue weighted by Crippen LogP contribution is -2.34. The Morgan fingerprint density at radius 1 is 1.24 bits per heavy atom. The summed E-state index contributed by atoms with van der Waals surface area (Å²) in [5.74, 6) is 0. The van der Waals surface area contributed by atoms with Gasteiger partial charge >= 0.3 is 0 Å². The molecule has 0 aromatic heterocycles. The number of nitrogens with zero attached hydrogens (tertiary/aromatic N) is 1. The van der Waals surface area contributed by atoms with Crippen LogP contribution < -0.4 is 5.73 Å². The number of rotatable bonds is 3. The maximum atomic E-state index is 5.67. The normalized spacial score (nSPS) is 31.3. The summed E-state index contributed by atoms with van der Waals surface area (Å²) >= 11 is 5.02. The summed E-state index contributed by atoms with van der Waals surface area (Å²) in [7, 11) is 0. The number of hydrogen-bond donors (Lipinski definition) is 1. The Labute approximate surface area is 133 Å². The largest absolute Gasteiger partial charge is 0.389 e. The van der Waals surface area contributed by atoms with Crippen molar-refractivity contribution in [2.45, 2.75) is 52.6 Å². The molecule has 1 aliphatic carbocycles. The van der Waals surface area contributed by atoms with Gasteiger partial charge in [0.1, 0.15) is 4.99 Å². The minimum atomic E-state index is 0.479. The van der Waals surface area contributed by atoms with E-state index in [1.807, 2.05) is 12.1 Å². The molecule has 0 amide bonds. The average Bonchev–Trinajstić information content (AvgIpc) is 2.58. The van der Waals surface area contributed by atoms with Crippen LogP contribution in [0.15, 0.2) is 24.3 Å². The van der Waals surface area contributed by atoms with E-state index in [0.717, 1.165) is 18.2 Å². The van der Waals surface area contributed by atoms with Crippen LogP contribution in [0.5, 0.6) is 0 Å². The van der Waals surface area contributed by atoms with Crippen LogP contribution >= 0.6 is 12.2 Å². The average molecular weight is 302 g/mol. The molecule has 1 saturated carbocycles. The molecule has 21 heavy (non-hydrogen) atoms. The van der Waals surface area contributed by atoms with E-state index in [1.54, 1.807) is 0 Å². The van der Waals surface area contributed by atoms with Crippen molar-refractivity contribution < 1.29 is 0 Å². The van der Waals surface area contributed by atoms with Crippen LogP contribution in [0.3, 0.4) is 0 Å². The Kier molecular flexibility index (Phi) is 3.61. The third-order valence-electron chi connectivity index (χ3n) is 5.15. The fourth-order valence-electron chi connectivity index (χ4n) is 4.77. The third kappa shape index (κ3) is 3.14. The highest BCUT2D eigenvalue weighted by Crippen LogP contribution is 2.52. The highest BCUT2D eigenvalue weighted by atomic mass is 32.1. The molecule has 114 valence electrons. The highest BCUT2D eigenvalue weighted by molar-refractivity contribution is 7.80. The summed E-state index contributed by atoms with van der Waals surface area (Å²) in [5, 5.41) is 0. The Morgan fingerprint density at radius 2 is 1.90 bits per heavy atom. The van der Waals surface area contributed by atoms with E-state index in [1.165, 1.54) is 31.4 Å². The summed E-state index contributed by atoms with van der Waals surface area (Å²) in [6.45, 7) is 9.61. The summed E-state index contributed by atoms with van der Waals surface area (Å²) in [6, 6.07) is 9.18. The predicted octanol–water partition coefficient (Wildman–Crippen LogP) is 3.72. The molecule has 1 aromatic rings. The summed E-state index contributed by atoms with van der Waals surface area (Å²) in [5.41, 5.74) is 8.98. The van der Waals surface area contributed by atoms with E-state index >= 15 is 0 Å². The molecule has 1 saturated heterocycles. The fourth-order valence-corrected chi connectivity index (χ4v) is 4.91. The van der Waals surface area contributed by atoms with E-state index < -0.39 is 0 Å². The second-order valence-corrected chi connectivity index (χ2v) is 8.62. The molecule has 3 rings (SSSR count). The summed E-state index contributed by atoms with van der Waals surface area (Å²) in [6.07, 6.45) is 4.04. The van der Waals surface area contributed by atoms with E-state index in [2.05, 4.69) is 37.8 Å². The lowest BCUT2D eigenvalue weighted by atomic mass is 9.65. The molecule has 1 aromatic carbocycles. The number of hydrogen-bond acceptors (Lipinski definition) is 2. The van der Waals surface area contributed by atoms with Crippen molar-refractivity contribution in [1.29, 1.82) is 0 Å². The standard InChI is InChI=1S/C18H26N2S/c1-17(2)8-15-9-18(3,11-17)12-20(15)10-13-4-6-14(7-5-13)16(19)21/h4-7,15H,8-12H2,1-3H3,(H2,19,21). The van der Waals surface area contributed by atoms with E-state index in [4.69, 9.17) is 18.0 Å². The maximum absolute atomic E-state index is 5.67. The van der Waals surface area contributed by atoms with Crippen molar-refractivity contribution in [2.75, 3.05) is 6.54 Å². The van der Waals surface area contributed by atoms with Crippen LogP contribution in [0.2, 0.25) is 0 Å². The van der Waals surface area contributed by atoms with Gasteiger partial charge in [0, 0.05) is 24.7 Å². The molecule has 2 unspecified atom stereocenters. The summed E-state index contributed by atoms with van der Waals surface area (Å²) in [4.78, 5) is 3.16. The van der Waals surface area contributed by atoms with Gasteiger partial charge in [-0.1, -0.05) is 57.3 Å². The monoisotopic (exact) mass is 302 g/mol.